The maximum Gasteiger partial charge on any atom is 0.289 e. The number of carbonyl (C=O) groups excluding carboxylic acids is 1. The molecule has 0 saturated carbocycles. The van der Waals surface area contributed by atoms with Gasteiger partial charge in [0.05, 0.1) is 29.4 Å². The van der Waals surface area contributed by atoms with Crippen molar-refractivity contribution in [2.45, 2.75) is 62.4 Å². The number of nitro groups is 1. The van der Waals surface area contributed by atoms with Crippen LogP contribution in [-0.2, 0) is 19.6 Å². The van der Waals surface area contributed by atoms with Crippen molar-refractivity contribution < 1.29 is 27.6 Å². The molecule has 1 saturated heterocycles. The van der Waals surface area contributed by atoms with E-state index in [-0.39, 0.29) is 31.3 Å². The standard InChI is InChI=1S/C34H38N6O7SSi/c1-5-49(6-2,7-3)17-13-24-18-25-20-26(19-24)39(48(44,45)31-11-9-8-10-29(31)40(42)43)16-15-37-27(21-30(46-4)34(37)41)23-47-32-12-14-38-33(36-32)28(25)22-35-38/h8-12,14,18-20,22,27,30H,5-7,15-16,21,23H2,1-4H3/t27-,30+/m0/s1. The Morgan fingerprint density at radius 2 is 1.86 bits per heavy atom. The van der Waals surface area contributed by atoms with Gasteiger partial charge in [0.25, 0.3) is 21.6 Å². The number of fused-ring (bicyclic) bond motifs is 5. The van der Waals surface area contributed by atoms with E-state index >= 15 is 0 Å². The number of ether oxygens (including phenoxy) is 2. The van der Waals surface area contributed by atoms with Gasteiger partial charge >= 0.3 is 0 Å². The van der Waals surface area contributed by atoms with Crippen LogP contribution in [0.15, 0.2) is 65.8 Å². The van der Waals surface area contributed by atoms with Crippen LogP contribution in [0.4, 0.5) is 11.4 Å². The van der Waals surface area contributed by atoms with Crippen LogP contribution in [0, 0.1) is 21.6 Å². The lowest BCUT2D eigenvalue weighted by Gasteiger charge is -2.30. The van der Waals surface area contributed by atoms with Gasteiger partial charge in [-0.2, -0.15) is 10.1 Å². The van der Waals surface area contributed by atoms with Gasteiger partial charge in [0, 0.05) is 49.5 Å². The highest BCUT2D eigenvalue weighted by molar-refractivity contribution is 7.93. The molecule has 2 aliphatic rings. The lowest BCUT2D eigenvalue weighted by atomic mass is 10.0. The van der Waals surface area contributed by atoms with Gasteiger partial charge in [-0.1, -0.05) is 38.8 Å². The lowest BCUT2D eigenvalue weighted by Crippen LogP contribution is -2.44. The predicted molar refractivity (Wildman–Crippen MR) is 187 cm³/mol. The summed E-state index contributed by atoms with van der Waals surface area (Å²) in [6, 6.07) is 14.7. The zero-order valence-electron chi connectivity index (χ0n) is 27.8. The first-order valence-corrected chi connectivity index (χ1v) is 20.4. The van der Waals surface area contributed by atoms with Crippen molar-refractivity contribution in [2.24, 2.45) is 0 Å². The second-order valence-electron chi connectivity index (χ2n) is 12.2. The van der Waals surface area contributed by atoms with Crippen molar-refractivity contribution in [3.05, 3.63) is 76.6 Å². The van der Waals surface area contributed by atoms with Crippen LogP contribution >= 0.6 is 0 Å². The molecule has 0 radical (unpaired) electrons. The van der Waals surface area contributed by atoms with E-state index in [4.69, 9.17) is 14.5 Å². The molecule has 4 heterocycles. The summed E-state index contributed by atoms with van der Waals surface area (Å²) in [5.41, 5.74) is 5.57. The minimum absolute atomic E-state index is 0.0269. The number of anilines is 1. The third kappa shape index (κ3) is 6.39. The molecule has 4 bridgehead atoms. The van der Waals surface area contributed by atoms with Gasteiger partial charge in [0.1, 0.15) is 20.8 Å². The molecule has 13 nitrogen and oxygen atoms in total. The van der Waals surface area contributed by atoms with Gasteiger partial charge in [0.15, 0.2) is 10.5 Å². The van der Waals surface area contributed by atoms with Gasteiger partial charge in [-0.25, -0.2) is 12.9 Å². The number of aromatic nitrogens is 3. The van der Waals surface area contributed by atoms with E-state index in [2.05, 4.69) is 37.3 Å². The second kappa shape index (κ2) is 13.6. The molecular weight excluding hydrogens is 665 g/mol. The smallest absolute Gasteiger partial charge is 0.289 e. The molecule has 1 amide bonds. The number of carbonyl (C=O) groups is 1. The number of hydrogen-bond donors (Lipinski definition) is 0. The van der Waals surface area contributed by atoms with Gasteiger partial charge in [0.2, 0.25) is 5.88 Å². The number of hydrogen-bond acceptors (Lipinski definition) is 9. The first-order chi connectivity index (χ1) is 23.5. The SMILES string of the molecule is CC[Si](C#Cc1cc2cc(c1)N(S(=O)(=O)c1ccccc1[N+](=O)[O-])CCN1C(=O)[C@H](OC)C[C@H]1COc1ccn3ncc-2c3n1)(CC)CC. The van der Waals surface area contributed by atoms with Crippen LogP contribution < -0.4 is 9.04 Å². The highest BCUT2D eigenvalue weighted by atomic mass is 32.2. The Labute approximate surface area is 286 Å². The fraction of sp³-hybridized carbons (Fsp3) is 0.382. The van der Waals surface area contributed by atoms with Gasteiger partial charge < -0.3 is 14.4 Å². The fourth-order valence-corrected chi connectivity index (χ4v) is 10.6. The Hall–Kier alpha value is -4.78. The minimum atomic E-state index is -4.56. The molecule has 1 fully saturated rings. The van der Waals surface area contributed by atoms with Crippen molar-refractivity contribution in [1.82, 2.24) is 19.5 Å². The minimum Gasteiger partial charge on any atom is -0.475 e. The molecule has 2 aliphatic heterocycles. The molecule has 49 heavy (non-hydrogen) atoms. The zero-order chi connectivity index (χ0) is 34.9. The number of nitro benzene ring substituents is 1. The molecule has 4 aromatic rings. The van der Waals surface area contributed by atoms with Crippen molar-refractivity contribution in [3.63, 3.8) is 0 Å². The third-order valence-electron chi connectivity index (χ3n) is 9.73. The number of amides is 1. The summed E-state index contributed by atoms with van der Waals surface area (Å²) in [5, 5.41) is 16.5. The predicted octanol–water partition coefficient (Wildman–Crippen LogP) is 4.91. The van der Waals surface area contributed by atoms with Crippen LogP contribution in [0.3, 0.4) is 0 Å². The van der Waals surface area contributed by atoms with Crippen LogP contribution in [-0.4, -0.2) is 85.8 Å². The molecule has 0 N–H and O–H groups in total. The number of methoxy groups -OCH3 is 1. The van der Waals surface area contributed by atoms with E-state index in [0.29, 0.717) is 34.6 Å². The summed E-state index contributed by atoms with van der Waals surface area (Å²) >= 11 is 0. The summed E-state index contributed by atoms with van der Waals surface area (Å²) < 4.78 is 43.5. The van der Waals surface area contributed by atoms with Crippen LogP contribution in [0.2, 0.25) is 18.1 Å². The molecule has 2 atom stereocenters. The highest BCUT2D eigenvalue weighted by Crippen LogP contribution is 2.35. The van der Waals surface area contributed by atoms with Gasteiger partial charge in [-0.15, -0.1) is 5.54 Å². The zero-order valence-corrected chi connectivity index (χ0v) is 29.6. The van der Waals surface area contributed by atoms with Crippen molar-refractivity contribution in [1.29, 1.82) is 0 Å². The number of sulfonamides is 1. The Kier molecular flexibility index (Phi) is 9.47. The highest BCUT2D eigenvalue weighted by Gasteiger charge is 2.41. The number of benzene rings is 2. The monoisotopic (exact) mass is 702 g/mol. The van der Waals surface area contributed by atoms with Crippen LogP contribution in [0.1, 0.15) is 32.8 Å². The van der Waals surface area contributed by atoms with E-state index in [1.807, 2.05) is 6.07 Å². The van der Waals surface area contributed by atoms with E-state index in [1.54, 1.807) is 40.0 Å². The Balaban J connectivity index is 1.61. The quantitative estimate of drug-likeness (QED) is 0.113. The summed E-state index contributed by atoms with van der Waals surface area (Å²) in [6.45, 7) is 6.34. The van der Waals surface area contributed by atoms with E-state index in [9.17, 15) is 23.3 Å². The van der Waals surface area contributed by atoms with E-state index in [1.165, 1.54) is 25.3 Å². The number of rotatable bonds is 7. The average Bonchev–Trinajstić information content (AvgIpc) is 3.67. The van der Waals surface area contributed by atoms with E-state index in [0.717, 1.165) is 28.5 Å². The molecule has 2 aromatic carbocycles. The van der Waals surface area contributed by atoms with Gasteiger partial charge in [-0.3, -0.25) is 19.2 Å². The third-order valence-corrected chi connectivity index (χ3v) is 16.3. The average molecular weight is 703 g/mol. The molecule has 6 rings (SSSR count). The second-order valence-corrected chi connectivity index (χ2v) is 19.0. The maximum atomic E-state index is 14.6. The first-order valence-electron chi connectivity index (χ1n) is 16.3. The van der Waals surface area contributed by atoms with Crippen LogP contribution in [0.5, 0.6) is 5.88 Å². The first kappa shape index (κ1) is 34.1. The Bertz CT molecular complexity index is 2080. The Morgan fingerprint density at radius 1 is 1.10 bits per heavy atom. The normalized spacial score (nSPS) is 18.1. The van der Waals surface area contributed by atoms with Crippen molar-refractivity contribution in [2.75, 3.05) is 31.1 Å². The summed E-state index contributed by atoms with van der Waals surface area (Å²) in [7, 11) is -5.01. The topological polar surface area (TPSA) is 149 Å². The molecule has 0 aliphatic carbocycles. The number of nitrogens with zero attached hydrogens (tertiary/aromatic N) is 6. The Morgan fingerprint density at radius 3 is 2.57 bits per heavy atom. The maximum absolute atomic E-state index is 14.6. The summed E-state index contributed by atoms with van der Waals surface area (Å²) in [4.78, 5) is 30.7. The van der Waals surface area contributed by atoms with Crippen molar-refractivity contribution in [3.8, 4) is 28.5 Å². The molecular formula is C34H38N6O7SSi. The lowest BCUT2D eigenvalue weighted by molar-refractivity contribution is -0.387. The van der Waals surface area contributed by atoms with Gasteiger partial charge in [-0.05, 0) is 48.0 Å². The molecule has 0 spiro atoms. The molecule has 0 unspecified atom stereocenters. The van der Waals surface area contributed by atoms with Crippen molar-refractivity contribution >= 4 is 41.0 Å². The molecule has 15 heteroatoms. The van der Waals surface area contributed by atoms with Crippen LogP contribution in [0.25, 0.3) is 16.8 Å². The molecule has 2 aromatic heterocycles. The number of para-hydroxylation sites is 1. The summed E-state index contributed by atoms with van der Waals surface area (Å²) in [6.07, 6.45) is 2.98. The summed E-state index contributed by atoms with van der Waals surface area (Å²) in [5.74, 6) is 3.43. The fourth-order valence-electron chi connectivity index (χ4n) is 6.54. The largest absolute Gasteiger partial charge is 0.475 e. The van der Waals surface area contributed by atoms with E-state index < -0.39 is 45.7 Å². The molecule has 256 valence electrons.